The van der Waals surface area contributed by atoms with Gasteiger partial charge in [-0.1, -0.05) is 48.5 Å². The van der Waals surface area contributed by atoms with E-state index >= 15 is 0 Å². The van der Waals surface area contributed by atoms with Gasteiger partial charge in [0.05, 0.1) is 19.1 Å². The number of rotatable bonds is 8. The molecule has 2 aromatic rings. The first-order valence-corrected chi connectivity index (χ1v) is 7.96. The van der Waals surface area contributed by atoms with Gasteiger partial charge in [-0.05, 0) is 31.0 Å². The number of hydrogen-bond donors (Lipinski definition) is 2. The predicted molar refractivity (Wildman–Crippen MR) is 89.8 cm³/mol. The van der Waals surface area contributed by atoms with E-state index in [0.717, 1.165) is 24.9 Å². The van der Waals surface area contributed by atoms with E-state index in [4.69, 9.17) is 0 Å². The van der Waals surface area contributed by atoms with Crippen molar-refractivity contribution in [3.8, 4) is 0 Å². The molecule has 0 aromatic heterocycles. The first-order chi connectivity index (χ1) is 10.8. The fraction of sp³-hybridized carbons (Fsp3) is 0.316. The average molecular weight is 297 g/mol. The number of benzene rings is 2. The molecule has 3 heteroatoms. The van der Waals surface area contributed by atoms with Crippen molar-refractivity contribution < 1.29 is 10.1 Å². The first-order valence-electron chi connectivity index (χ1n) is 7.96. The van der Waals surface area contributed by atoms with Crippen molar-refractivity contribution >= 4 is 5.91 Å². The lowest BCUT2D eigenvalue weighted by atomic mass is 10.1. The summed E-state index contributed by atoms with van der Waals surface area (Å²) in [4.78, 5) is 11.9. The maximum Gasteiger partial charge on any atom is 0.251 e. The van der Waals surface area contributed by atoms with Crippen LogP contribution >= 0.6 is 0 Å². The fourth-order valence-electron chi connectivity index (χ4n) is 2.40. The maximum absolute atomic E-state index is 11.9. The van der Waals surface area contributed by atoms with Crippen LogP contribution in [0.2, 0.25) is 0 Å². The van der Waals surface area contributed by atoms with Crippen LogP contribution in [0, 0.1) is 0 Å². The zero-order valence-electron chi connectivity index (χ0n) is 13.2. The zero-order chi connectivity index (χ0) is 15.6. The summed E-state index contributed by atoms with van der Waals surface area (Å²) in [6, 6.07) is 20.5. The smallest absolute Gasteiger partial charge is 0.251 e. The standard InChI is InChI=1S/C19H24N2O/c1-16(12-13-17-8-4-2-5-9-17)20-14-15-21-19(22)18-10-6-3-7-11-18/h2-11,16,20H,12-15H2,1H3,(H,21,22)/p+1/t16-/m0/s1. The summed E-state index contributed by atoms with van der Waals surface area (Å²) in [5, 5.41) is 5.26. The monoisotopic (exact) mass is 297 g/mol. The lowest BCUT2D eigenvalue weighted by Gasteiger charge is -2.11. The number of nitrogens with one attached hydrogen (secondary N) is 1. The molecule has 0 unspecified atom stereocenters. The molecular weight excluding hydrogens is 272 g/mol. The number of aryl methyl sites for hydroxylation is 1. The van der Waals surface area contributed by atoms with Crippen LogP contribution in [0.15, 0.2) is 60.7 Å². The van der Waals surface area contributed by atoms with Gasteiger partial charge >= 0.3 is 0 Å². The lowest BCUT2D eigenvalue weighted by molar-refractivity contribution is -0.684. The number of carbonyl (C=O) groups is 1. The van der Waals surface area contributed by atoms with Crippen LogP contribution < -0.4 is 10.6 Å². The Bertz CT molecular complexity index is 554. The van der Waals surface area contributed by atoms with Gasteiger partial charge in [0.25, 0.3) is 5.91 Å². The van der Waals surface area contributed by atoms with Gasteiger partial charge in [0.15, 0.2) is 0 Å². The van der Waals surface area contributed by atoms with E-state index in [-0.39, 0.29) is 5.91 Å². The van der Waals surface area contributed by atoms with Crippen molar-refractivity contribution in [2.75, 3.05) is 13.1 Å². The van der Waals surface area contributed by atoms with Gasteiger partial charge in [-0.2, -0.15) is 0 Å². The molecule has 0 aliphatic heterocycles. The van der Waals surface area contributed by atoms with Crippen LogP contribution in [0.1, 0.15) is 29.3 Å². The molecule has 3 N–H and O–H groups in total. The maximum atomic E-state index is 11.9. The number of amides is 1. The van der Waals surface area contributed by atoms with E-state index in [2.05, 4.69) is 47.9 Å². The third-order valence-electron chi connectivity index (χ3n) is 3.77. The van der Waals surface area contributed by atoms with E-state index in [1.165, 1.54) is 5.56 Å². The Labute approximate surface area is 132 Å². The van der Waals surface area contributed by atoms with Gasteiger partial charge in [0.1, 0.15) is 0 Å². The van der Waals surface area contributed by atoms with Gasteiger partial charge in [-0.25, -0.2) is 0 Å². The van der Waals surface area contributed by atoms with Gasteiger partial charge in [0.2, 0.25) is 0 Å². The molecule has 0 saturated carbocycles. The minimum absolute atomic E-state index is 0.00550. The molecular formula is C19H25N2O+. The summed E-state index contributed by atoms with van der Waals surface area (Å²) in [5.41, 5.74) is 2.11. The largest absolute Gasteiger partial charge is 0.346 e. The second kappa shape index (κ2) is 9.00. The number of carbonyl (C=O) groups excluding carboxylic acids is 1. The van der Waals surface area contributed by atoms with Crippen LogP contribution in [0.5, 0.6) is 0 Å². The summed E-state index contributed by atoms with van der Waals surface area (Å²) < 4.78 is 0. The highest BCUT2D eigenvalue weighted by Crippen LogP contribution is 2.03. The minimum atomic E-state index is 0.00550. The van der Waals surface area contributed by atoms with Crippen LogP contribution in [-0.2, 0) is 6.42 Å². The third-order valence-corrected chi connectivity index (χ3v) is 3.77. The third kappa shape index (κ3) is 5.70. The Kier molecular flexibility index (Phi) is 6.65. The molecule has 2 aromatic carbocycles. The summed E-state index contributed by atoms with van der Waals surface area (Å²) in [5.74, 6) is 0.00550. The summed E-state index contributed by atoms with van der Waals surface area (Å²) in [6.07, 6.45) is 2.26. The molecule has 1 atom stereocenters. The van der Waals surface area contributed by atoms with Gasteiger partial charge in [-0.15, -0.1) is 0 Å². The second-order valence-corrected chi connectivity index (χ2v) is 5.65. The Morgan fingerprint density at radius 1 is 1.05 bits per heavy atom. The minimum Gasteiger partial charge on any atom is -0.346 e. The highest BCUT2D eigenvalue weighted by molar-refractivity contribution is 5.94. The van der Waals surface area contributed by atoms with E-state index in [1.54, 1.807) is 0 Å². The van der Waals surface area contributed by atoms with Crippen LogP contribution in [0.3, 0.4) is 0 Å². The van der Waals surface area contributed by atoms with E-state index in [0.29, 0.717) is 12.6 Å². The average Bonchev–Trinajstić information content (AvgIpc) is 2.58. The SMILES string of the molecule is C[C@@H](CCc1ccccc1)[NH2+]CCNC(=O)c1ccccc1. The molecule has 0 spiro atoms. The molecule has 3 nitrogen and oxygen atoms in total. The fourth-order valence-corrected chi connectivity index (χ4v) is 2.40. The van der Waals surface area contributed by atoms with Crippen molar-refractivity contribution in [3.05, 3.63) is 71.8 Å². The zero-order valence-corrected chi connectivity index (χ0v) is 13.2. The van der Waals surface area contributed by atoms with Crippen molar-refractivity contribution in [2.24, 2.45) is 0 Å². The Morgan fingerprint density at radius 2 is 1.68 bits per heavy atom. The molecule has 0 fully saturated rings. The molecule has 1 amide bonds. The number of quaternary nitrogens is 1. The molecule has 22 heavy (non-hydrogen) atoms. The Hall–Kier alpha value is -2.13. The van der Waals surface area contributed by atoms with Crippen molar-refractivity contribution in [1.29, 1.82) is 0 Å². The number of nitrogens with two attached hydrogens (primary N) is 1. The van der Waals surface area contributed by atoms with Crippen LogP contribution in [0.4, 0.5) is 0 Å². The van der Waals surface area contributed by atoms with Crippen molar-refractivity contribution in [1.82, 2.24) is 5.32 Å². The molecule has 0 heterocycles. The molecule has 2 rings (SSSR count). The first kappa shape index (κ1) is 16.2. The molecule has 116 valence electrons. The van der Waals surface area contributed by atoms with E-state index in [1.807, 2.05) is 30.3 Å². The molecule has 0 bridgehead atoms. The second-order valence-electron chi connectivity index (χ2n) is 5.65. The Morgan fingerprint density at radius 3 is 2.36 bits per heavy atom. The number of hydrogen-bond acceptors (Lipinski definition) is 1. The van der Waals surface area contributed by atoms with Crippen molar-refractivity contribution in [3.63, 3.8) is 0 Å². The summed E-state index contributed by atoms with van der Waals surface area (Å²) >= 11 is 0. The molecule has 0 aliphatic rings. The summed E-state index contributed by atoms with van der Waals surface area (Å²) in [7, 11) is 0. The normalized spacial score (nSPS) is 11.9. The lowest BCUT2D eigenvalue weighted by Crippen LogP contribution is -2.90. The van der Waals surface area contributed by atoms with Crippen LogP contribution in [0.25, 0.3) is 0 Å². The Balaban J connectivity index is 1.59. The van der Waals surface area contributed by atoms with Crippen molar-refractivity contribution in [2.45, 2.75) is 25.8 Å². The van der Waals surface area contributed by atoms with Crippen LogP contribution in [-0.4, -0.2) is 25.0 Å². The topological polar surface area (TPSA) is 45.7 Å². The van der Waals surface area contributed by atoms with Gasteiger partial charge < -0.3 is 10.6 Å². The van der Waals surface area contributed by atoms with E-state index < -0.39 is 0 Å². The molecule has 0 saturated heterocycles. The highest BCUT2D eigenvalue weighted by atomic mass is 16.1. The highest BCUT2D eigenvalue weighted by Gasteiger charge is 2.07. The van der Waals surface area contributed by atoms with Gasteiger partial charge in [0, 0.05) is 12.0 Å². The predicted octanol–water partition coefficient (Wildman–Crippen LogP) is 2.00. The summed E-state index contributed by atoms with van der Waals surface area (Å²) in [6.45, 7) is 3.85. The molecule has 0 radical (unpaired) electrons. The molecule has 0 aliphatic carbocycles. The van der Waals surface area contributed by atoms with Gasteiger partial charge in [-0.3, -0.25) is 4.79 Å². The van der Waals surface area contributed by atoms with E-state index in [9.17, 15) is 4.79 Å². The quantitative estimate of drug-likeness (QED) is 0.719.